The van der Waals surface area contributed by atoms with E-state index in [1.165, 1.54) is 0 Å². The van der Waals surface area contributed by atoms with Crippen molar-refractivity contribution in [2.75, 3.05) is 31.5 Å². The van der Waals surface area contributed by atoms with Crippen LogP contribution in [0.4, 0.5) is 10.5 Å². The number of carbonyl (C=O) groups excluding carboxylic acids is 2. The number of urea groups is 1. The zero-order chi connectivity index (χ0) is 30.8. The van der Waals surface area contributed by atoms with Crippen molar-refractivity contribution < 1.29 is 9.59 Å². The Morgan fingerprint density at radius 3 is 2.64 bits per heavy atom. The van der Waals surface area contributed by atoms with Gasteiger partial charge in [0.15, 0.2) is 0 Å². The summed E-state index contributed by atoms with van der Waals surface area (Å²) in [6.45, 7) is 4.16. The van der Waals surface area contributed by atoms with E-state index in [0.29, 0.717) is 48.5 Å². The number of hydrogen-bond acceptors (Lipinski definition) is 5. The van der Waals surface area contributed by atoms with Crippen molar-refractivity contribution in [2.24, 2.45) is 0 Å². The Kier molecular flexibility index (Phi) is 9.23. The fraction of sp³-hybridized carbons (Fsp3) is 0.312. The molecule has 2 aliphatic rings. The lowest BCUT2D eigenvalue weighted by Crippen LogP contribution is -2.62. The van der Waals surface area contributed by atoms with Crippen LogP contribution in [0.15, 0.2) is 71.7 Å². The highest BCUT2D eigenvalue weighted by Gasteiger charge is 2.40. The second-order valence-electron chi connectivity index (χ2n) is 11.1. The number of amides is 3. The fourth-order valence-electron chi connectivity index (χ4n) is 6.09. The van der Waals surface area contributed by atoms with E-state index >= 15 is 0 Å². The van der Waals surface area contributed by atoms with E-state index in [2.05, 4.69) is 48.6 Å². The van der Waals surface area contributed by atoms with Crippen molar-refractivity contribution in [1.82, 2.24) is 29.7 Å². The Balaban J connectivity index is 1.30. The summed E-state index contributed by atoms with van der Waals surface area (Å²) in [5, 5.41) is 7.21. The Hall–Kier alpha value is -3.44. The van der Waals surface area contributed by atoms with Crippen LogP contribution in [-0.4, -0.2) is 68.5 Å². The molecule has 228 valence electrons. The third kappa shape index (κ3) is 6.63. The molecule has 3 heterocycles. The average Bonchev–Trinajstić information content (AvgIpc) is 3.34. The summed E-state index contributed by atoms with van der Waals surface area (Å²) in [4.78, 5) is 40.4. The number of carbonyl (C=O) groups is 2. The summed E-state index contributed by atoms with van der Waals surface area (Å²) in [5.41, 5.74) is 5.97. The molecule has 0 spiro atoms. The maximum Gasteiger partial charge on any atom is 0.322 e. The number of piperazine rings is 1. The lowest BCUT2D eigenvalue weighted by Gasteiger charge is -2.43. The van der Waals surface area contributed by atoms with E-state index < -0.39 is 6.04 Å². The molecule has 4 aromatic rings. The Labute approximate surface area is 274 Å². The van der Waals surface area contributed by atoms with Gasteiger partial charge in [-0.1, -0.05) is 35.3 Å². The van der Waals surface area contributed by atoms with Gasteiger partial charge < -0.3 is 20.1 Å². The van der Waals surface area contributed by atoms with Gasteiger partial charge in [-0.05, 0) is 88.8 Å². The molecule has 1 aliphatic carbocycles. The van der Waals surface area contributed by atoms with Crippen molar-refractivity contribution in [2.45, 2.75) is 38.4 Å². The molecule has 44 heavy (non-hydrogen) atoms. The van der Waals surface area contributed by atoms with Crippen LogP contribution < -0.4 is 10.6 Å². The summed E-state index contributed by atoms with van der Waals surface area (Å²) < 4.78 is 2.90. The van der Waals surface area contributed by atoms with Crippen LogP contribution in [0.1, 0.15) is 34.1 Å². The van der Waals surface area contributed by atoms with Crippen molar-refractivity contribution in [3.63, 3.8) is 0 Å². The molecule has 1 aliphatic heterocycles. The number of rotatable bonds is 6. The number of nitrogens with zero attached hydrogens (tertiary/aromatic N) is 5. The number of fused-ring (bicyclic) bond motifs is 2. The van der Waals surface area contributed by atoms with Gasteiger partial charge in [0.05, 0.1) is 18.1 Å². The normalized spacial score (nSPS) is 18.2. The quantitative estimate of drug-likeness (QED) is 0.263. The standard InChI is InChI=1S/C32H32BrCl2N7O2/c1-20-16-36-19-41(20)10-9-37-31(43)28-18-40(11-12-42(28)32(44)39-26-4-2-3-24(34)15-26)30-27-8-7-25(35)14-21(27)5-6-22-13-23(33)17-38-29(22)30/h2-4,7-8,13-17,19,28,30H,5-6,9-12,18H2,1H3,(H,37,43)(H,39,44)/t28-,30?/m1/s1. The molecule has 9 nitrogen and oxygen atoms in total. The molecule has 1 saturated heterocycles. The van der Waals surface area contributed by atoms with Crippen molar-refractivity contribution in [3.05, 3.63) is 110 Å². The molecule has 12 heteroatoms. The van der Waals surface area contributed by atoms with E-state index in [-0.39, 0.29) is 18.0 Å². The minimum atomic E-state index is -0.746. The number of benzene rings is 2. The molecule has 2 aromatic heterocycles. The molecule has 6 rings (SSSR count). The summed E-state index contributed by atoms with van der Waals surface area (Å²) in [6, 6.07) is 13.8. The van der Waals surface area contributed by atoms with Gasteiger partial charge in [-0.3, -0.25) is 14.7 Å². The Bertz CT molecular complexity index is 1640. The predicted molar refractivity (Wildman–Crippen MR) is 175 cm³/mol. The highest BCUT2D eigenvalue weighted by atomic mass is 79.9. The summed E-state index contributed by atoms with van der Waals surface area (Å²) >= 11 is 16.2. The lowest BCUT2D eigenvalue weighted by atomic mass is 9.95. The zero-order valence-corrected chi connectivity index (χ0v) is 27.2. The van der Waals surface area contributed by atoms with Crippen molar-refractivity contribution >= 4 is 56.8 Å². The van der Waals surface area contributed by atoms with E-state index in [1.54, 1.807) is 41.7 Å². The molecule has 2 N–H and O–H groups in total. The average molecular weight is 697 g/mol. The van der Waals surface area contributed by atoms with Crippen molar-refractivity contribution in [1.29, 1.82) is 0 Å². The predicted octanol–water partition coefficient (Wildman–Crippen LogP) is 5.88. The second-order valence-corrected chi connectivity index (χ2v) is 12.9. The number of halogens is 3. The van der Waals surface area contributed by atoms with Crippen LogP contribution in [0.5, 0.6) is 0 Å². The molecule has 0 bridgehead atoms. The number of nitrogens with one attached hydrogen (secondary N) is 2. The first-order valence-electron chi connectivity index (χ1n) is 14.5. The lowest BCUT2D eigenvalue weighted by molar-refractivity contribution is -0.127. The molecular weight excluding hydrogens is 665 g/mol. The zero-order valence-electron chi connectivity index (χ0n) is 24.1. The third-order valence-corrected chi connectivity index (χ3v) is 9.18. The first kappa shape index (κ1) is 30.6. The molecule has 0 saturated carbocycles. The third-order valence-electron chi connectivity index (χ3n) is 8.28. The Morgan fingerprint density at radius 2 is 1.84 bits per heavy atom. The van der Waals surface area contributed by atoms with E-state index in [0.717, 1.165) is 45.4 Å². The van der Waals surface area contributed by atoms with Gasteiger partial charge in [0, 0.05) is 71.0 Å². The Morgan fingerprint density at radius 1 is 1.02 bits per heavy atom. The summed E-state index contributed by atoms with van der Waals surface area (Å²) in [6.07, 6.45) is 7.00. The molecular formula is C32H32BrCl2N7O2. The molecule has 2 aromatic carbocycles. The smallest absolute Gasteiger partial charge is 0.322 e. The second kappa shape index (κ2) is 13.3. The SMILES string of the molecule is Cc1cncn1CCNC(=O)[C@H]1CN(C2c3ccc(Cl)cc3CCc3cc(Br)cnc32)CCN1C(=O)Nc1cccc(Cl)c1. The molecule has 2 atom stereocenters. The first-order valence-corrected chi connectivity index (χ1v) is 16.1. The number of hydrogen-bond donors (Lipinski definition) is 2. The number of aromatic nitrogens is 3. The van der Waals surface area contributed by atoms with Crippen LogP contribution in [0, 0.1) is 6.92 Å². The van der Waals surface area contributed by atoms with Gasteiger partial charge in [-0.15, -0.1) is 0 Å². The number of anilines is 1. The first-order chi connectivity index (χ1) is 21.3. The van der Waals surface area contributed by atoms with Crippen LogP contribution in [0.2, 0.25) is 10.0 Å². The number of aryl methyl sites for hydroxylation is 3. The van der Waals surface area contributed by atoms with E-state index in [9.17, 15) is 9.59 Å². The number of pyridine rings is 1. The fourth-order valence-corrected chi connectivity index (χ4v) is 6.85. The minimum Gasteiger partial charge on any atom is -0.352 e. The summed E-state index contributed by atoms with van der Waals surface area (Å²) in [7, 11) is 0. The van der Waals surface area contributed by atoms with Gasteiger partial charge in [-0.2, -0.15) is 0 Å². The van der Waals surface area contributed by atoms with Crippen LogP contribution in [-0.2, 0) is 24.2 Å². The van der Waals surface area contributed by atoms with Gasteiger partial charge in [-0.25, -0.2) is 9.78 Å². The van der Waals surface area contributed by atoms with Gasteiger partial charge in [0.1, 0.15) is 6.04 Å². The molecule has 0 radical (unpaired) electrons. The maximum atomic E-state index is 13.9. The van der Waals surface area contributed by atoms with Crippen LogP contribution in [0.25, 0.3) is 0 Å². The van der Waals surface area contributed by atoms with E-state index in [4.69, 9.17) is 28.2 Å². The van der Waals surface area contributed by atoms with Crippen LogP contribution >= 0.6 is 39.1 Å². The number of imidazole rings is 1. The highest BCUT2D eigenvalue weighted by molar-refractivity contribution is 9.10. The highest BCUT2D eigenvalue weighted by Crippen LogP contribution is 2.38. The molecule has 1 fully saturated rings. The maximum absolute atomic E-state index is 13.9. The summed E-state index contributed by atoms with van der Waals surface area (Å²) in [5.74, 6) is -0.220. The van der Waals surface area contributed by atoms with Crippen molar-refractivity contribution in [3.8, 4) is 0 Å². The van der Waals surface area contributed by atoms with E-state index in [1.807, 2.05) is 29.8 Å². The van der Waals surface area contributed by atoms with Gasteiger partial charge >= 0.3 is 6.03 Å². The minimum absolute atomic E-state index is 0.199. The molecule has 3 amide bonds. The van der Waals surface area contributed by atoms with Gasteiger partial charge in [0.25, 0.3) is 0 Å². The van der Waals surface area contributed by atoms with Gasteiger partial charge in [0.2, 0.25) is 5.91 Å². The largest absolute Gasteiger partial charge is 0.352 e. The topological polar surface area (TPSA) is 95.4 Å². The van der Waals surface area contributed by atoms with Crippen LogP contribution in [0.3, 0.4) is 0 Å². The monoisotopic (exact) mass is 695 g/mol. The molecule has 1 unspecified atom stereocenters.